The molecular formula is C18H38IN5O3. The molecule has 0 aliphatic carbocycles. The first kappa shape index (κ1) is 28.0. The van der Waals surface area contributed by atoms with E-state index in [1.165, 1.54) is 0 Å². The van der Waals surface area contributed by atoms with Gasteiger partial charge in [0, 0.05) is 40.7 Å². The number of nitrogens with one attached hydrogen (secondary N) is 3. The molecule has 0 aromatic carbocycles. The van der Waals surface area contributed by atoms with Gasteiger partial charge in [0.1, 0.15) is 5.60 Å². The van der Waals surface area contributed by atoms with Crippen molar-refractivity contribution in [3.8, 4) is 0 Å². The van der Waals surface area contributed by atoms with Crippen LogP contribution in [0.15, 0.2) is 4.99 Å². The van der Waals surface area contributed by atoms with Crippen molar-refractivity contribution in [1.29, 1.82) is 0 Å². The Morgan fingerprint density at radius 2 is 1.63 bits per heavy atom. The Kier molecular flexibility index (Phi) is 13.5. The summed E-state index contributed by atoms with van der Waals surface area (Å²) >= 11 is 0. The standard InChI is InChI=1S/C18H37N5O3.HI/c1-9-18(10-2,22-16(25)26-17(3,4)5)13-21-15(19-6)20-12-11-14(24)23(7)8;/h9-13H2,1-8H3,(H,22,25)(H2,19,20,21);1H. The van der Waals surface area contributed by atoms with Crippen LogP contribution in [0.4, 0.5) is 4.79 Å². The smallest absolute Gasteiger partial charge is 0.408 e. The van der Waals surface area contributed by atoms with Crippen LogP contribution >= 0.6 is 24.0 Å². The average molecular weight is 499 g/mol. The van der Waals surface area contributed by atoms with Crippen LogP contribution < -0.4 is 16.0 Å². The second-order valence-electron chi connectivity index (χ2n) is 7.51. The number of nitrogens with zero attached hydrogens (tertiary/aromatic N) is 2. The maximum Gasteiger partial charge on any atom is 0.408 e. The van der Waals surface area contributed by atoms with Crippen molar-refractivity contribution in [3.05, 3.63) is 0 Å². The third-order valence-corrected chi connectivity index (χ3v) is 4.07. The summed E-state index contributed by atoms with van der Waals surface area (Å²) in [6, 6.07) is 0. The number of carbonyl (C=O) groups is 2. The minimum absolute atomic E-state index is 0. The lowest BCUT2D eigenvalue weighted by Gasteiger charge is -2.34. The van der Waals surface area contributed by atoms with Gasteiger partial charge >= 0.3 is 6.09 Å². The molecule has 0 bridgehead atoms. The van der Waals surface area contributed by atoms with Crippen LogP contribution in [0, 0.1) is 0 Å². The van der Waals surface area contributed by atoms with Crippen LogP contribution in [0.1, 0.15) is 53.9 Å². The molecule has 0 radical (unpaired) electrons. The molecule has 0 unspecified atom stereocenters. The van der Waals surface area contributed by atoms with Crippen LogP contribution in [0.2, 0.25) is 0 Å². The Morgan fingerprint density at radius 1 is 1.07 bits per heavy atom. The van der Waals surface area contributed by atoms with E-state index in [4.69, 9.17) is 4.74 Å². The van der Waals surface area contributed by atoms with E-state index in [2.05, 4.69) is 20.9 Å². The summed E-state index contributed by atoms with van der Waals surface area (Å²) in [5.74, 6) is 0.643. The molecule has 0 saturated carbocycles. The van der Waals surface area contributed by atoms with Gasteiger partial charge in [0.2, 0.25) is 5.91 Å². The summed E-state index contributed by atoms with van der Waals surface area (Å²) in [7, 11) is 5.13. The minimum atomic E-state index is -0.540. The van der Waals surface area contributed by atoms with E-state index >= 15 is 0 Å². The first-order valence-corrected chi connectivity index (χ1v) is 9.14. The van der Waals surface area contributed by atoms with Gasteiger partial charge in [-0.25, -0.2) is 4.79 Å². The number of ether oxygens (including phenoxy) is 1. The van der Waals surface area contributed by atoms with Crippen LogP contribution in [0.25, 0.3) is 0 Å². The lowest BCUT2D eigenvalue weighted by atomic mass is 9.93. The predicted molar refractivity (Wildman–Crippen MR) is 121 cm³/mol. The maximum atomic E-state index is 12.2. The molecule has 0 saturated heterocycles. The fourth-order valence-electron chi connectivity index (χ4n) is 2.23. The van der Waals surface area contributed by atoms with Crippen molar-refractivity contribution in [2.24, 2.45) is 4.99 Å². The van der Waals surface area contributed by atoms with E-state index in [1.807, 2.05) is 34.6 Å². The van der Waals surface area contributed by atoms with Crippen LogP contribution in [0.5, 0.6) is 0 Å². The molecule has 0 atom stereocenters. The molecule has 0 aliphatic rings. The normalized spacial score (nSPS) is 11.9. The summed E-state index contributed by atoms with van der Waals surface area (Å²) in [5, 5.41) is 9.33. The molecule has 0 spiro atoms. The van der Waals surface area contributed by atoms with E-state index in [1.54, 1.807) is 26.0 Å². The Balaban J connectivity index is 0. The third-order valence-electron chi connectivity index (χ3n) is 4.07. The van der Waals surface area contributed by atoms with Crippen molar-refractivity contribution in [1.82, 2.24) is 20.9 Å². The highest BCUT2D eigenvalue weighted by molar-refractivity contribution is 14.0. The van der Waals surface area contributed by atoms with Gasteiger partial charge in [-0.1, -0.05) is 13.8 Å². The summed E-state index contributed by atoms with van der Waals surface area (Å²) in [6.07, 6.45) is 1.44. The van der Waals surface area contributed by atoms with Gasteiger partial charge in [-0.15, -0.1) is 24.0 Å². The molecule has 0 aromatic rings. The van der Waals surface area contributed by atoms with Gasteiger partial charge in [-0.2, -0.15) is 0 Å². The molecule has 9 heteroatoms. The SMILES string of the molecule is CCC(CC)(CNC(=NC)NCCC(=O)N(C)C)NC(=O)OC(C)(C)C.I. The van der Waals surface area contributed by atoms with Crippen LogP contribution in [0.3, 0.4) is 0 Å². The maximum absolute atomic E-state index is 12.2. The van der Waals surface area contributed by atoms with Gasteiger partial charge in [0.25, 0.3) is 0 Å². The molecule has 3 N–H and O–H groups in total. The summed E-state index contributed by atoms with van der Waals surface area (Å²) in [4.78, 5) is 29.5. The van der Waals surface area contributed by atoms with Crippen molar-refractivity contribution >= 4 is 41.9 Å². The molecule has 160 valence electrons. The number of carbonyl (C=O) groups excluding carboxylic acids is 2. The molecule has 0 aliphatic heterocycles. The predicted octanol–water partition coefficient (Wildman–Crippen LogP) is 2.33. The number of halogens is 1. The Bertz CT molecular complexity index is 486. The topological polar surface area (TPSA) is 95.1 Å². The summed E-state index contributed by atoms with van der Waals surface area (Å²) < 4.78 is 5.38. The molecule has 8 nitrogen and oxygen atoms in total. The van der Waals surface area contributed by atoms with E-state index < -0.39 is 17.2 Å². The highest BCUT2D eigenvalue weighted by atomic mass is 127. The Labute approximate surface area is 181 Å². The third kappa shape index (κ3) is 11.9. The van der Waals surface area contributed by atoms with E-state index in [0.717, 1.165) is 12.8 Å². The molecule has 0 heterocycles. The molecule has 0 fully saturated rings. The molecule has 0 rings (SSSR count). The van der Waals surface area contributed by atoms with E-state index in [-0.39, 0.29) is 29.9 Å². The lowest BCUT2D eigenvalue weighted by molar-refractivity contribution is -0.128. The zero-order chi connectivity index (χ0) is 20.4. The Hall–Kier alpha value is -1.26. The van der Waals surface area contributed by atoms with Gasteiger partial charge in [0.05, 0.1) is 5.54 Å². The van der Waals surface area contributed by atoms with Gasteiger partial charge in [-0.3, -0.25) is 9.79 Å². The van der Waals surface area contributed by atoms with E-state index in [0.29, 0.717) is 25.5 Å². The van der Waals surface area contributed by atoms with Crippen LogP contribution in [-0.4, -0.2) is 68.2 Å². The molecule has 0 aromatic heterocycles. The van der Waals surface area contributed by atoms with E-state index in [9.17, 15) is 9.59 Å². The van der Waals surface area contributed by atoms with Gasteiger partial charge < -0.3 is 25.6 Å². The number of hydrogen-bond acceptors (Lipinski definition) is 4. The molecular weight excluding hydrogens is 461 g/mol. The largest absolute Gasteiger partial charge is 0.444 e. The van der Waals surface area contributed by atoms with Crippen molar-refractivity contribution < 1.29 is 14.3 Å². The average Bonchev–Trinajstić information content (AvgIpc) is 2.54. The van der Waals surface area contributed by atoms with Crippen LogP contribution in [-0.2, 0) is 9.53 Å². The quantitative estimate of drug-likeness (QED) is 0.271. The number of guanidine groups is 1. The number of amides is 2. The lowest BCUT2D eigenvalue weighted by Crippen LogP contribution is -2.57. The fraction of sp³-hybridized carbons (Fsp3) is 0.833. The zero-order valence-electron chi connectivity index (χ0n) is 18.1. The number of alkyl carbamates (subject to hydrolysis) is 1. The second-order valence-corrected chi connectivity index (χ2v) is 7.51. The van der Waals surface area contributed by atoms with Crippen molar-refractivity contribution in [2.75, 3.05) is 34.2 Å². The highest BCUT2D eigenvalue weighted by Gasteiger charge is 2.30. The van der Waals surface area contributed by atoms with Crippen molar-refractivity contribution in [3.63, 3.8) is 0 Å². The molecule has 27 heavy (non-hydrogen) atoms. The first-order chi connectivity index (χ1) is 12.0. The summed E-state index contributed by atoms with van der Waals surface area (Å²) in [6.45, 7) is 10.5. The first-order valence-electron chi connectivity index (χ1n) is 9.14. The number of hydrogen-bond donors (Lipinski definition) is 3. The fourth-order valence-corrected chi connectivity index (χ4v) is 2.23. The minimum Gasteiger partial charge on any atom is -0.444 e. The van der Waals surface area contributed by atoms with Gasteiger partial charge in [-0.05, 0) is 33.6 Å². The Morgan fingerprint density at radius 3 is 2.04 bits per heavy atom. The number of rotatable bonds is 8. The monoisotopic (exact) mass is 499 g/mol. The number of aliphatic imine (C=N–C) groups is 1. The summed E-state index contributed by atoms with van der Waals surface area (Å²) in [5.41, 5.74) is -0.985. The second kappa shape index (κ2) is 13.0. The zero-order valence-corrected chi connectivity index (χ0v) is 20.4. The highest BCUT2D eigenvalue weighted by Crippen LogP contribution is 2.16. The van der Waals surface area contributed by atoms with Crippen molar-refractivity contribution in [2.45, 2.75) is 65.0 Å². The molecule has 2 amide bonds. The van der Waals surface area contributed by atoms with Gasteiger partial charge in [0.15, 0.2) is 5.96 Å².